The molecule has 1 heterocycles. The van der Waals surface area contributed by atoms with Gasteiger partial charge in [0, 0.05) is 24.8 Å². The summed E-state index contributed by atoms with van der Waals surface area (Å²) in [4.78, 5) is 3.08. The third-order valence-corrected chi connectivity index (χ3v) is 1.46. The Labute approximate surface area is 65.1 Å². The molecule has 11 heavy (non-hydrogen) atoms. The lowest BCUT2D eigenvalue weighted by Crippen LogP contribution is -2.19. The van der Waals surface area contributed by atoms with E-state index in [1.54, 1.807) is 17.3 Å². The van der Waals surface area contributed by atoms with E-state index in [0.29, 0.717) is 5.82 Å². The Bertz CT molecular complexity index is 267. The fraction of sp³-hybridized carbons (Fsp3) is 0.286. The highest BCUT2D eigenvalue weighted by molar-refractivity contribution is 5.55. The summed E-state index contributed by atoms with van der Waals surface area (Å²) in [6, 6.07) is 0. The SMILES string of the molecule is CCN1C=CN(C#N)C1=C=N. The molecule has 0 saturated carbocycles. The van der Waals surface area contributed by atoms with Crippen molar-refractivity contribution in [1.82, 2.24) is 9.80 Å². The van der Waals surface area contributed by atoms with Gasteiger partial charge in [-0.15, -0.1) is 0 Å². The zero-order valence-electron chi connectivity index (χ0n) is 6.20. The lowest BCUT2D eigenvalue weighted by molar-refractivity contribution is 0.442. The monoisotopic (exact) mass is 148 g/mol. The van der Waals surface area contributed by atoms with E-state index in [4.69, 9.17) is 10.7 Å². The molecule has 4 nitrogen and oxygen atoms in total. The zero-order valence-corrected chi connectivity index (χ0v) is 6.20. The van der Waals surface area contributed by atoms with Gasteiger partial charge in [-0.2, -0.15) is 5.26 Å². The van der Waals surface area contributed by atoms with Crippen LogP contribution >= 0.6 is 0 Å². The summed E-state index contributed by atoms with van der Waals surface area (Å²) in [5.41, 5.74) is 0. The van der Waals surface area contributed by atoms with Crippen molar-refractivity contribution in [3.8, 4) is 6.19 Å². The molecular formula is C7H8N4. The van der Waals surface area contributed by atoms with Crippen LogP contribution in [0.5, 0.6) is 0 Å². The van der Waals surface area contributed by atoms with Crippen molar-refractivity contribution in [2.24, 2.45) is 0 Å². The van der Waals surface area contributed by atoms with Gasteiger partial charge in [0.05, 0.1) is 0 Å². The quantitative estimate of drug-likeness (QED) is 0.439. The molecule has 0 unspecified atom stereocenters. The first kappa shape index (κ1) is 7.39. The highest BCUT2D eigenvalue weighted by Crippen LogP contribution is 2.14. The Kier molecular flexibility index (Phi) is 1.95. The molecule has 0 aliphatic carbocycles. The van der Waals surface area contributed by atoms with E-state index < -0.39 is 0 Å². The van der Waals surface area contributed by atoms with Crippen LogP contribution in [0.4, 0.5) is 0 Å². The van der Waals surface area contributed by atoms with E-state index in [-0.39, 0.29) is 0 Å². The van der Waals surface area contributed by atoms with Crippen LogP contribution in [-0.2, 0) is 0 Å². The first-order valence-electron chi connectivity index (χ1n) is 3.27. The van der Waals surface area contributed by atoms with Gasteiger partial charge in [-0.25, -0.2) is 4.90 Å². The molecule has 4 heteroatoms. The molecule has 56 valence electrons. The number of nitrogens with one attached hydrogen (secondary N) is 1. The van der Waals surface area contributed by atoms with Crippen molar-refractivity contribution < 1.29 is 0 Å². The molecule has 0 saturated heterocycles. The Morgan fingerprint density at radius 3 is 2.82 bits per heavy atom. The summed E-state index contributed by atoms with van der Waals surface area (Å²) < 4.78 is 0. The molecule has 0 radical (unpaired) electrons. The van der Waals surface area contributed by atoms with Crippen molar-refractivity contribution in [1.29, 1.82) is 10.7 Å². The normalized spacial score (nSPS) is 15.1. The van der Waals surface area contributed by atoms with Gasteiger partial charge < -0.3 is 4.90 Å². The molecular weight excluding hydrogens is 140 g/mol. The number of nitriles is 1. The predicted octanol–water partition coefficient (Wildman–Crippen LogP) is 0.666. The fourth-order valence-electron chi connectivity index (χ4n) is 0.895. The topological polar surface area (TPSA) is 54.1 Å². The molecule has 0 fully saturated rings. The van der Waals surface area contributed by atoms with E-state index in [0.717, 1.165) is 6.54 Å². The van der Waals surface area contributed by atoms with Gasteiger partial charge in [-0.1, -0.05) is 0 Å². The Morgan fingerprint density at radius 2 is 2.36 bits per heavy atom. The van der Waals surface area contributed by atoms with Gasteiger partial charge in [0.25, 0.3) is 0 Å². The number of rotatable bonds is 1. The van der Waals surface area contributed by atoms with E-state index in [1.165, 1.54) is 4.90 Å². The molecule has 0 atom stereocenters. The number of hydrogen-bond acceptors (Lipinski definition) is 4. The largest absolute Gasteiger partial charge is 0.325 e. The molecule has 1 aliphatic rings. The second-order valence-corrected chi connectivity index (χ2v) is 2.00. The van der Waals surface area contributed by atoms with Crippen LogP contribution in [-0.4, -0.2) is 22.2 Å². The van der Waals surface area contributed by atoms with Crippen LogP contribution in [0, 0.1) is 16.9 Å². The van der Waals surface area contributed by atoms with Crippen molar-refractivity contribution in [2.45, 2.75) is 6.92 Å². The van der Waals surface area contributed by atoms with Crippen LogP contribution in [0.3, 0.4) is 0 Å². The summed E-state index contributed by atoms with van der Waals surface area (Å²) >= 11 is 0. The average Bonchev–Trinajstić information content (AvgIpc) is 2.45. The fourth-order valence-corrected chi connectivity index (χ4v) is 0.895. The lowest BCUT2D eigenvalue weighted by atomic mass is 10.6. The van der Waals surface area contributed by atoms with Crippen molar-refractivity contribution in [2.75, 3.05) is 6.54 Å². The predicted molar refractivity (Wildman–Crippen MR) is 40.2 cm³/mol. The van der Waals surface area contributed by atoms with Crippen molar-refractivity contribution in [3.63, 3.8) is 0 Å². The van der Waals surface area contributed by atoms with Crippen LogP contribution in [0.1, 0.15) is 6.92 Å². The van der Waals surface area contributed by atoms with E-state index in [9.17, 15) is 0 Å². The van der Waals surface area contributed by atoms with Gasteiger partial charge in [0.1, 0.15) is 0 Å². The molecule has 1 aliphatic heterocycles. The van der Waals surface area contributed by atoms with Crippen LogP contribution in [0.2, 0.25) is 0 Å². The van der Waals surface area contributed by atoms with Crippen LogP contribution in [0.25, 0.3) is 0 Å². The lowest BCUT2D eigenvalue weighted by Gasteiger charge is -2.14. The Morgan fingerprint density at radius 1 is 1.64 bits per heavy atom. The van der Waals surface area contributed by atoms with E-state index >= 15 is 0 Å². The zero-order chi connectivity index (χ0) is 8.27. The maximum Gasteiger partial charge on any atom is 0.190 e. The van der Waals surface area contributed by atoms with Gasteiger partial charge in [-0.05, 0) is 6.92 Å². The Hall–Kier alpha value is -1.72. The summed E-state index contributed by atoms with van der Waals surface area (Å²) in [7, 11) is 0. The van der Waals surface area contributed by atoms with Crippen LogP contribution in [0.15, 0.2) is 18.2 Å². The molecule has 0 bridgehead atoms. The first-order valence-corrected chi connectivity index (χ1v) is 3.27. The molecule has 0 aromatic rings. The highest BCUT2D eigenvalue weighted by atomic mass is 15.3. The highest BCUT2D eigenvalue weighted by Gasteiger charge is 2.17. The van der Waals surface area contributed by atoms with E-state index in [2.05, 4.69) is 5.87 Å². The maximum absolute atomic E-state index is 8.53. The molecule has 0 aromatic carbocycles. The summed E-state index contributed by atoms with van der Waals surface area (Å²) in [6.07, 6.45) is 5.28. The molecule has 0 aromatic heterocycles. The third kappa shape index (κ3) is 1.09. The van der Waals surface area contributed by atoms with Gasteiger partial charge in [0.15, 0.2) is 12.0 Å². The van der Waals surface area contributed by atoms with Gasteiger partial charge >= 0.3 is 0 Å². The molecule has 1 rings (SSSR count). The molecule has 0 amide bonds. The second-order valence-electron chi connectivity index (χ2n) is 2.00. The minimum absolute atomic E-state index is 0.481. The second kappa shape index (κ2) is 2.91. The maximum atomic E-state index is 8.53. The summed E-state index contributed by atoms with van der Waals surface area (Å²) in [5, 5.41) is 15.4. The third-order valence-electron chi connectivity index (χ3n) is 1.46. The van der Waals surface area contributed by atoms with Crippen molar-refractivity contribution in [3.05, 3.63) is 18.2 Å². The minimum atomic E-state index is 0.481. The average molecular weight is 148 g/mol. The summed E-state index contributed by atoms with van der Waals surface area (Å²) in [6.45, 7) is 2.69. The number of hydrogen-bond donors (Lipinski definition) is 1. The van der Waals surface area contributed by atoms with E-state index in [1.807, 2.05) is 13.1 Å². The Balaban J connectivity index is 2.90. The first-order chi connectivity index (χ1) is 5.33. The molecule has 0 spiro atoms. The smallest absolute Gasteiger partial charge is 0.190 e. The molecule has 1 N–H and O–H groups in total. The standard InChI is InChI=1S/C7H8N4/c1-2-10-3-4-11(6-9)7(10)5-8/h3-4,8H,2H2,1H3. The summed E-state index contributed by atoms with van der Waals surface area (Å²) in [5.74, 6) is 2.68. The number of nitrogens with zero attached hydrogens (tertiary/aromatic N) is 3. The van der Waals surface area contributed by atoms with Crippen molar-refractivity contribution >= 4 is 5.87 Å². The minimum Gasteiger partial charge on any atom is -0.325 e. The van der Waals surface area contributed by atoms with Gasteiger partial charge in [0.2, 0.25) is 0 Å². The van der Waals surface area contributed by atoms with Crippen LogP contribution < -0.4 is 0 Å². The van der Waals surface area contributed by atoms with Gasteiger partial charge in [-0.3, -0.25) is 5.41 Å².